The van der Waals surface area contributed by atoms with Crippen LogP contribution in [0.3, 0.4) is 0 Å². The summed E-state index contributed by atoms with van der Waals surface area (Å²) in [5, 5.41) is 7.30. The molecule has 6 heteroatoms. The Morgan fingerprint density at radius 3 is 2.83 bits per heavy atom. The summed E-state index contributed by atoms with van der Waals surface area (Å²) in [5.74, 6) is 0.439. The fraction of sp³-hybridized carbons (Fsp3) is 0.500. The molecule has 3 rings (SSSR count). The number of nitrogens with zero attached hydrogens (tertiary/aromatic N) is 3. The summed E-state index contributed by atoms with van der Waals surface area (Å²) in [7, 11) is 0. The number of aromatic amines is 1. The Morgan fingerprint density at radius 2 is 2.17 bits per heavy atom. The number of carbonyl (C=O) groups is 1. The molecule has 1 N–H and O–H groups in total. The lowest BCUT2D eigenvalue weighted by molar-refractivity contribution is 0.0727. The average molecular weight is 328 g/mol. The van der Waals surface area contributed by atoms with Crippen molar-refractivity contribution in [3.63, 3.8) is 0 Å². The van der Waals surface area contributed by atoms with Crippen molar-refractivity contribution in [1.29, 1.82) is 0 Å². The van der Waals surface area contributed by atoms with Crippen molar-refractivity contribution in [2.75, 3.05) is 6.54 Å². The van der Waals surface area contributed by atoms with Crippen LogP contribution in [0.2, 0.25) is 0 Å². The van der Waals surface area contributed by atoms with E-state index in [4.69, 9.17) is 4.74 Å². The van der Waals surface area contributed by atoms with Crippen LogP contribution in [0, 0.1) is 13.8 Å². The lowest BCUT2D eigenvalue weighted by atomic mass is 10.0. The van der Waals surface area contributed by atoms with Gasteiger partial charge < -0.3 is 9.64 Å². The number of carbonyl (C=O) groups excluding carboxylic acids is 1. The van der Waals surface area contributed by atoms with Gasteiger partial charge in [0.2, 0.25) is 5.88 Å². The lowest BCUT2D eigenvalue weighted by Crippen LogP contribution is -2.31. The van der Waals surface area contributed by atoms with Crippen LogP contribution >= 0.6 is 0 Å². The Bertz CT molecular complexity index is 719. The van der Waals surface area contributed by atoms with E-state index in [0.717, 1.165) is 36.3 Å². The lowest BCUT2D eigenvalue weighted by Gasteiger charge is -2.25. The maximum Gasteiger partial charge on any atom is 0.273 e. The van der Waals surface area contributed by atoms with Gasteiger partial charge in [0.15, 0.2) is 0 Å². The number of likely N-dealkylation sites (tertiary alicyclic amines) is 1. The third-order valence-electron chi connectivity index (χ3n) is 4.33. The quantitative estimate of drug-likeness (QED) is 0.935. The van der Waals surface area contributed by atoms with Crippen LogP contribution in [0.5, 0.6) is 5.88 Å². The van der Waals surface area contributed by atoms with Gasteiger partial charge in [0, 0.05) is 23.9 Å². The highest BCUT2D eigenvalue weighted by atomic mass is 16.5. The van der Waals surface area contributed by atoms with E-state index < -0.39 is 0 Å². The molecule has 0 aromatic carbocycles. The fourth-order valence-electron chi connectivity index (χ4n) is 3.35. The Kier molecular flexibility index (Phi) is 4.55. The average Bonchev–Trinajstić information content (AvgIpc) is 3.12. The highest BCUT2D eigenvalue weighted by molar-refractivity contribution is 5.93. The number of H-pyrrole nitrogens is 1. The normalized spacial score (nSPS) is 17.5. The van der Waals surface area contributed by atoms with Crippen LogP contribution in [-0.4, -0.2) is 38.6 Å². The molecule has 3 heterocycles. The second-order valence-electron chi connectivity index (χ2n) is 6.53. The maximum atomic E-state index is 13.0. The number of nitrogens with one attached hydrogen (secondary N) is 1. The highest BCUT2D eigenvalue weighted by Crippen LogP contribution is 2.35. The molecule has 0 radical (unpaired) electrons. The predicted molar refractivity (Wildman–Crippen MR) is 91.1 cm³/mol. The first-order chi connectivity index (χ1) is 11.5. The maximum absolute atomic E-state index is 13.0. The number of pyridine rings is 1. The van der Waals surface area contributed by atoms with Gasteiger partial charge in [-0.1, -0.05) is 6.07 Å². The van der Waals surface area contributed by atoms with E-state index >= 15 is 0 Å². The van der Waals surface area contributed by atoms with Gasteiger partial charge in [-0.05, 0) is 46.6 Å². The molecular weight excluding hydrogens is 304 g/mol. The predicted octanol–water partition coefficient (Wildman–Crippen LogP) is 3.19. The summed E-state index contributed by atoms with van der Waals surface area (Å²) in [6.07, 6.45) is 1.97. The molecule has 1 saturated heterocycles. The molecule has 2 aromatic heterocycles. The third kappa shape index (κ3) is 3.13. The standard InChI is InChI=1S/C18H24N4O2/c1-11(2)24-16-9-5-7-14(19-16)18(23)22-10-6-8-15(22)17-12(3)20-21-13(17)4/h5,7,9,11,15H,6,8,10H2,1-4H3,(H,20,21). The monoisotopic (exact) mass is 328 g/mol. The van der Waals surface area contributed by atoms with E-state index in [1.165, 1.54) is 0 Å². The first-order valence-corrected chi connectivity index (χ1v) is 8.43. The minimum Gasteiger partial charge on any atom is -0.475 e. The van der Waals surface area contributed by atoms with Crippen LogP contribution in [-0.2, 0) is 0 Å². The number of aromatic nitrogens is 3. The van der Waals surface area contributed by atoms with Crippen molar-refractivity contribution >= 4 is 5.91 Å². The van der Waals surface area contributed by atoms with Gasteiger partial charge in [0.25, 0.3) is 5.91 Å². The molecule has 0 saturated carbocycles. The SMILES string of the molecule is Cc1n[nH]c(C)c1C1CCCN1C(=O)c1cccc(OC(C)C)n1. The van der Waals surface area contributed by atoms with Crippen molar-refractivity contribution in [3.05, 3.63) is 40.8 Å². The molecular formula is C18H24N4O2. The van der Waals surface area contributed by atoms with Gasteiger partial charge in [-0.15, -0.1) is 0 Å². The molecule has 1 fully saturated rings. The summed E-state index contributed by atoms with van der Waals surface area (Å²) in [6.45, 7) is 8.61. The molecule has 1 atom stereocenters. The Balaban J connectivity index is 1.86. The topological polar surface area (TPSA) is 71.1 Å². The molecule has 128 valence electrons. The molecule has 24 heavy (non-hydrogen) atoms. The van der Waals surface area contributed by atoms with Gasteiger partial charge in [0.05, 0.1) is 17.8 Å². The third-order valence-corrected chi connectivity index (χ3v) is 4.33. The molecule has 0 aliphatic carbocycles. The van der Waals surface area contributed by atoms with E-state index in [1.807, 2.05) is 38.7 Å². The Labute approximate surface area is 142 Å². The van der Waals surface area contributed by atoms with Crippen molar-refractivity contribution in [2.24, 2.45) is 0 Å². The second-order valence-corrected chi connectivity index (χ2v) is 6.53. The number of hydrogen-bond acceptors (Lipinski definition) is 4. The second kappa shape index (κ2) is 6.63. The molecule has 1 aliphatic heterocycles. The van der Waals surface area contributed by atoms with Crippen LogP contribution < -0.4 is 4.74 Å². The first kappa shape index (κ1) is 16.5. The van der Waals surface area contributed by atoms with E-state index in [0.29, 0.717) is 11.6 Å². The van der Waals surface area contributed by atoms with Crippen LogP contribution in [0.25, 0.3) is 0 Å². The number of aryl methyl sites for hydroxylation is 2. The van der Waals surface area contributed by atoms with E-state index in [2.05, 4.69) is 15.2 Å². The zero-order valence-corrected chi connectivity index (χ0v) is 14.7. The molecule has 1 unspecified atom stereocenters. The molecule has 6 nitrogen and oxygen atoms in total. The van der Waals surface area contributed by atoms with Gasteiger partial charge in [-0.3, -0.25) is 9.89 Å². The minimum atomic E-state index is -0.0493. The van der Waals surface area contributed by atoms with Gasteiger partial charge >= 0.3 is 0 Å². The number of rotatable bonds is 4. The summed E-state index contributed by atoms with van der Waals surface area (Å²) in [5.41, 5.74) is 3.55. The van der Waals surface area contributed by atoms with Crippen LogP contribution in [0.15, 0.2) is 18.2 Å². The van der Waals surface area contributed by atoms with Crippen molar-refractivity contribution in [1.82, 2.24) is 20.1 Å². The van der Waals surface area contributed by atoms with Gasteiger partial charge in [-0.2, -0.15) is 5.10 Å². The zero-order chi connectivity index (χ0) is 17.3. The largest absolute Gasteiger partial charge is 0.475 e. The highest BCUT2D eigenvalue weighted by Gasteiger charge is 2.34. The first-order valence-electron chi connectivity index (χ1n) is 8.43. The van der Waals surface area contributed by atoms with Crippen LogP contribution in [0.4, 0.5) is 0 Å². The van der Waals surface area contributed by atoms with E-state index in [1.54, 1.807) is 12.1 Å². The minimum absolute atomic E-state index is 0.0265. The van der Waals surface area contributed by atoms with E-state index in [-0.39, 0.29) is 18.1 Å². The van der Waals surface area contributed by atoms with Crippen LogP contribution in [0.1, 0.15) is 60.2 Å². The van der Waals surface area contributed by atoms with Crippen molar-refractivity contribution in [3.8, 4) is 5.88 Å². The van der Waals surface area contributed by atoms with Crippen molar-refractivity contribution in [2.45, 2.75) is 52.7 Å². The van der Waals surface area contributed by atoms with Crippen molar-refractivity contribution < 1.29 is 9.53 Å². The smallest absolute Gasteiger partial charge is 0.273 e. The Hall–Kier alpha value is -2.37. The fourth-order valence-corrected chi connectivity index (χ4v) is 3.35. The van der Waals surface area contributed by atoms with E-state index in [9.17, 15) is 4.79 Å². The summed E-state index contributed by atoms with van der Waals surface area (Å²) in [6, 6.07) is 5.41. The number of hydrogen-bond donors (Lipinski definition) is 1. The number of ether oxygens (including phenoxy) is 1. The molecule has 0 spiro atoms. The summed E-state index contributed by atoms with van der Waals surface area (Å²) in [4.78, 5) is 19.3. The molecule has 1 amide bonds. The summed E-state index contributed by atoms with van der Waals surface area (Å²) < 4.78 is 5.61. The molecule has 2 aromatic rings. The molecule has 1 aliphatic rings. The Morgan fingerprint density at radius 1 is 1.38 bits per heavy atom. The summed E-state index contributed by atoms with van der Waals surface area (Å²) >= 11 is 0. The zero-order valence-electron chi connectivity index (χ0n) is 14.7. The van der Waals surface area contributed by atoms with Gasteiger partial charge in [0.1, 0.15) is 5.69 Å². The molecule has 0 bridgehead atoms. The number of amides is 1. The van der Waals surface area contributed by atoms with Gasteiger partial charge in [-0.25, -0.2) is 4.98 Å².